The lowest BCUT2D eigenvalue weighted by molar-refractivity contribution is -0.141. The number of pyridine rings is 1. The Balaban J connectivity index is 1.78. The number of hydrogen-bond acceptors (Lipinski definition) is 4. The highest BCUT2D eigenvalue weighted by Gasteiger charge is 2.32. The number of nitrogens with one attached hydrogen (secondary N) is 1. The quantitative estimate of drug-likeness (QED) is 0.790. The van der Waals surface area contributed by atoms with Gasteiger partial charge in [0, 0.05) is 24.5 Å². The number of carbonyl (C=O) groups excluding carboxylic acids is 1. The molecule has 0 unspecified atom stereocenters. The molecule has 0 atom stereocenters. The van der Waals surface area contributed by atoms with E-state index in [9.17, 15) is 18.0 Å². The number of rotatable bonds is 3. The molecule has 0 saturated heterocycles. The van der Waals surface area contributed by atoms with Crippen LogP contribution in [0.5, 0.6) is 0 Å². The summed E-state index contributed by atoms with van der Waals surface area (Å²) in [4.78, 5) is 15.4. The zero-order valence-electron chi connectivity index (χ0n) is 12.9. The number of hydrogen-bond donors (Lipinski definition) is 1. The maximum Gasteiger partial charge on any atom is 0.433 e. The lowest BCUT2D eigenvalue weighted by Crippen LogP contribution is -2.14. The second kappa shape index (κ2) is 6.34. The molecule has 1 amide bonds. The second-order valence-electron chi connectivity index (χ2n) is 5.23. The van der Waals surface area contributed by atoms with Crippen molar-refractivity contribution < 1.29 is 18.0 Å². The predicted octanol–water partition coefficient (Wildman–Crippen LogP) is 3.15. The Morgan fingerprint density at radius 3 is 2.60 bits per heavy atom. The molecule has 0 radical (unpaired) electrons. The van der Waals surface area contributed by atoms with Gasteiger partial charge in [0.25, 0.3) is 5.91 Å². The summed E-state index contributed by atoms with van der Waals surface area (Å²) >= 11 is 0. The molecule has 0 aliphatic rings. The summed E-state index contributed by atoms with van der Waals surface area (Å²) in [6.07, 6.45) is -2.10. The van der Waals surface area contributed by atoms with E-state index in [1.54, 1.807) is 42.2 Å². The second-order valence-corrected chi connectivity index (χ2v) is 5.23. The zero-order chi connectivity index (χ0) is 18.0. The molecule has 6 nitrogen and oxygen atoms in total. The fraction of sp³-hybridized carbons (Fsp3) is 0.125. The van der Waals surface area contributed by atoms with E-state index in [0.29, 0.717) is 11.5 Å². The van der Waals surface area contributed by atoms with E-state index in [-0.39, 0.29) is 5.56 Å². The van der Waals surface area contributed by atoms with Gasteiger partial charge in [-0.25, -0.2) is 0 Å². The van der Waals surface area contributed by atoms with Gasteiger partial charge in [-0.15, -0.1) is 10.2 Å². The highest BCUT2D eigenvalue weighted by Crippen LogP contribution is 2.27. The Morgan fingerprint density at radius 2 is 2.00 bits per heavy atom. The minimum atomic E-state index is -4.54. The van der Waals surface area contributed by atoms with E-state index >= 15 is 0 Å². The van der Waals surface area contributed by atoms with Gasteiger partial charge < -0.3 is 9.88 Å². The van der Waals surface area contributed by atoms with Crippen molar-refractivity contribution in [3.63, 3.8) is 0 Å². The van der Waals surface area contributed by atoms with Gasteiger partial charge in [-0.1, -0.05) is 12.1 Å². The van der Waals surface area contributed by atoms with Crippen LogP contribution in [0.25, 0.3) is 11.4 Å². The molecular formula is C16H12F3N5O. The molecule has 3 rings (SSSR count). The Hall–Kier alpha value is -3.23. The monoisotopic (exact) mass is 347 g/mol. The summed E-state index contributed by atoms with van der Waals surface area (Å²) in [7, 11) is 1.79. The first kappa shape index (κ1) is 16.6. The lowest BCUT2D eigenvalue weighted by atomic mass is 10.1. The van der Waals surface area contributed by atoms with Gasteiger partial charge in [-0.3, -0.25) is 9.78 Å². The Labute approximate surface area is 140 Å². The Morgan fingerprint density at radius 1 is 1.20 bits per heavy atom. The third-order valence-corrected chi connectivity index (χ3v) is 3.41. The van der Waals surface area contributed by atoms with Gasteiger partial charge in [0.05, 0.1) is 5.56 Å². The number of benzene rings is 1. The summed E-state index contributed by atoms with van der Waals surface area (Å²) in [6.45, 7) is 0. The third kappa shape index (κ3) is 3.65. The van der Waals surface area contributed by atoms with Crippen LogP contribution in [0.1, 0.15) is 16.1 Å². The number of aryl methyl sites for hydroxylation is 1. The van der Waals surface area contributed by atoms with E-state index in [4.69, 9.17) is 0 Å². The van der Waals surface area contributed by atoms with Gasteiger partial charge in [-0.05, 0) is 24.3 Å². The predicted molar refractivity (Wildman–Crippen MR) is 83.6 cm³/mol. The summed E-state index contributed by atoms with van der Waals surface area (Å²) in [5.41, 5.74) is 0.194. The summed E-state index contributed by atoms with van der Waals surface area (Å²) < 4.78 is 39.2. The molecule has 2 heterocycles. The molecule has 2 aromatic heterocycles. The van der Waals surface area contributed by atoms with Crippen LogP contribution in [0.15, 0.2) is 48.9 Å². The van der Waals surface area contributed by atoms with Crippen molar-refractivity contribution in [2.45, 2.75) is 6.18 Å². The summed E-state index contributed by atoms with van der Waals surface area (Å²) in [5.74, 6) is 0.0589. The van der Waals surface area contributed by atoms with Crippen molar-refractivity contribution >= 4 is 11.6 Å². The highest BCUT2D eigenvalue weighted by molar-refractivity contribution is 6.04. The summed E-state index contributed by atoms with van der Waals surface area (Å²) in [5, 5.41) is 10.4. The van der Waals surface area contributed by atoms with E-state index in [2.05, 4.69) is 20.5 Å². The minimum Gasteiger partial charge on any atom is -0.322 e. The van der Waals surface area contributed by atoms with E-state index in [1.165, 1.54) is 0 Å². The molecule has 0 aliphatic carbocycles. The van der Waals surface area contributed by atoms with Crippen LogP contribution in [0.4, 0.5) is 18.9 Å². The fourth-order valence-corrected chi connectivity index (χ4v) is 2.18. The van der Waals surface area contributed by atoms with E-state index in [1.807, 2.05) is 0 Å². The third-order valence-electron chi connectivity index (χ3n) is 3.41. The number of anilines is 1. The summed E-state index contributed by atoms with van der Waals surface area (Å²) in [6, 6.07) is 8.74. The molecule has 25 heavy (non-hydrogen) atoms. The minimum absolute atomic E-state index is 0.0251. The van der Waals surface area contributed by atoms with Crippen LogP contribution in [-0.4, -0.2) is 25.7 Å². The Bertz CT molecular complexity index is 903. The highest BCUT2D eigenvalue weighted by atomic mass is 19.4. The van der Waals surface area contributed by atoms with Crippen LogP contribution in [0, 0.1) is 0 Å². The molecule has 1 N–H and O–H groups in total. The largest absolute Gasteiger partial charge is 0.433 e. The van der Waals surface area contributed by atoms with Gasteiger partial charge in [0.1, 0.15) is 12.0 Å². The van der Waals surface area contributed by atoms with Crippen LogP contribution in [0.2, 0.25) is 0 Å². The normalized spacial score (nSPS) is 11.4. The molecule has 0 bridgehead atoms. The van der Waals surface area contributed by atoms with Crippen molar-refractivity contribution in [2.75, 3.05) is 5.32 Å². The molecule has 0 spiro atoms. The van der Waals surface area contributed by atoms with Gasteiger partial charge in [-0.2, -0.15) is 13.2 Å². The zero-order valence-corrected chi connectivity index (χ0v) is 12.9. The number of nitrogens with zero attached hydrogens (tertiary/aromatic N) is 4. The van der Waals surface area contributed by atoms with Crippen molar-refractivity contribution in [3.8, 4) is 11.4 Å². The number of amides is 1. The lowest BCUT2D eigenvalue weighted by Gasteiger charge is -2.08. The standard InChI is InChI=1S/C16H12F3N5O/c1-24-9-21-23-14(24)10-3-2-4-12(7-10)22-15(25)11-5-6-13(20-8-11)16(17,18)19/h2-9H,1H3,(H,22,25). The number of carbonyl (C=O) groups is 1. The molecule has 9 heteroatoms. The topological polar surface area (TPSA) is 72.7 Å². The number of alkyl halides is 3. The van der Waals surface area contributed by atoms with Crippen molar-refractivity contribution in [3.05, 3.63) is 60.2 Å². The van der Waals surface area contributed by atoms with Crippen LogP contribution in [0.3, 0.4) is 0 Å². The smallest absolute Gasteiger partial charge is 0.322 e. The first-order valence-electron chi connectivity index (χ1n) is 7.13. The first-order chi connectivity index (χ1) is 11.8. The van der Waals surface area contributed by atoms with Crippen molar-refractivity contribution in [1.82, 2.24) is 19.7 Å². The molecule has 0 fully saturated rings. The van der Waals surface area contributed by atoms with Crippen LogP contribution in [-0.2, 0) is 13.2 Å². The molecule has 0 saturated carbocycles. The SMILES string of the molecule is Cn1cnnc1-c1cccc(NC(=O)c2ccc(C(F)(F)F)nc2)c1. The van der Waals surface area contributed by atoms with Crippen LogP contribution < -0.4 is 5.32 Å². The number of halogens is 3. The molecule has 0 aliphatic heterocycles. The Kier molecular flexibility index (Phi) is 4.22. The van der Waals surface area contributed by atoms with E-state index < -0.39 is 17.8 Å². The van der Waals surface area contributed by atoms with Gasteiger partial charge >= 0.3 is 6.18 Å². The van der Waals surface area contributed by atoms with Crippen molar-refractivity contribution in [1.29, 1.82) is 0 Å². The number of aromatic nitrogens is 4. The molecule has 128 valence electrons. The molecular weight excluding hydrogens is 335 g/mol. The molecule has 1 aromatic carbocycles. The van der Waals surface area contributed by atoms with E-state index in [0.717, 1.165) is 23.9 Å². The van der Waals surface area contributed by atoms with Crippen molar-refractivity contribution in [2.24, 2.45) is 7.05 Å². The maximum atomic E-state index is 12.5. The maximum absolute atomic E-state index is 12.5. The average Bonchev–Trinajstić information content (AvgIpc) is 3.00. The fourth-order valence-electron chi connectivity index (χ4n) is 2.18. The van der Waals surface area contributed by atoms with Gasteiger partial charge in [0.15, 0.2) is 5.82 Å². The molecule has 3 aromatic rings. The van der Waals surface area contributed by atoms with Crippen LogP contribution >= 0.6 is 0 Å². The average molecular weight is 347 g/mol. The van der Waals surface area contributed by atoms with Gasteiger partial charge in [0.2, 0.25) is 0 Å². The first-order valence-corrected chi connectivity index (χ1v) is 7.13.